The first-order valence-electron chi connectivity index (χ1n) is 8.33. The van der Waals surface area contributed by atoms with Gasteiger partial charge in [0.15, 0.2) is 0 Å². The van der Waals surface area contributed by atoms with Gasteiger partial charge in [-0.05, 0) is 68.1 Å². The normalized spacial score (nSPS) is 46.0. The lowest BCUT2D eigenvalue weighted by atomic mass is 9.49. The van der Waals surface area contributed by atoms with E-state index in [2.05, 4.69) is 6.07 Å². The fraction of sp³-hybridized carbons (Fsp3) is 0.882. The second kappa shape index (κ2) is 4.48. The molecule has 5 fully saturated rings. The molecule has 0 aromatic heterocycles. The van der Waals surface area contributed by atoms with Crippen molar-refractivity contribution in [1.29, 1.82) is 5.26 Å². The van der Waals surface area contributed by atoms with Gasteiger partial charge in [-0.15, -0.1) is 0 Å². The maximum absolute atomic E-state index is 11.9. The summed E-state index contributed by atoms with van der Waals surface area (Å²) < 4.78 is 0. The third kappa shape index (κ3) is 2.05. The summed E-state index contributed by atoms with van der Waals surface area (Å²) in [5.74, 6) is 3.12. The Bertz CT molecular complexity index is 429. The lowest BCUT2D eigenvalue weighted by molar-refractivity contribution is -0.128. The van der Waals surface area contributed by atoms with E-state index in [9.17, 15) is 4.79 Å². The molecule has 3 heteroatoms. The van der Waals surface area contributed by atoms with Gasteiger partial charge in [0.1, 0.15) is 0 Å². The smallest absolute Gasteiger partial charge is 0.224 e. The molecular weight excluding hydrogens is 248 g/mol. The Balaban J connectivity index is 1.40. The second-order valence-electron chi connectivity index (χ2n) is 8.04. The highest BCUT2D eigenvalue weighted by Gasteiger charge is 2.50. The molecule has 1 saturated heterocycles. The van der Waals surface area contributed by atoms with Crippen molar-refractivity contribution in [3.8, 4) is 6.07 Å². The predicted molar refractivity (Wildman–Crippen MR) is 75.5 cm³/mol. The van der Waals surface area contributed by atoms with E-state index < -0.39 is 0 Å². The van der Waals surface area contributed by atoms with Crippen molar-refractivity contribution in [3.05, 3.63) is 0 Å². The topological polar surface area (TPSA) is 44.1 Å². The van der Waals surface area contributed by atoms with Crippen LogP contribution in [-0.4, -0.2) is 23.9 Å². The molecule has 4 bridgehead atoms. The molecule has 1 heterocycles. The number of carbonyl (C=O) groups excluding carboxylic acids is 1. The van der Waals surface area contributed by atoms with Crippen molar-refractivity contribution in [3.63, 3.8) is 0 Å². The van der Waals surface area contributed by atoms with Gasteiger partial charge in [0.05, 0.1) is 12.0 Å². The number of nitrogens with zero attached hydrogens (tertiary/aromatic N) is 2. The average Bonchev–Trinajstić information content (AvgIpc) is 2.76. The SMILES string of the molecule is N#CC1CC(=O)N(CCC23CC4CC(CC(C4)C2)C3)C1. The van der Waals surface area contributed by atoms with Crippen molar-refractivity contribution in [2.45, 2.75) is 51.4 Å². The standard InChI is InChI=1S/C17H24N2O/c18-10-15-6-16(20)19(11-15)2-1-17-7-12-3-13(8-17)5-14(4-12)9-17/h12-15H,1-9,11H2. The maximum atomic E-state index is 11.9. The van der Waals surface area contributed by atoms with Crippen LogP contribution in [0.25, 0.3) is 0 Å². The molecule has 1 aliphatic heterocycles. The molecule has 4 saturated carbocycles. The van der Waals surface area contributed by atoms with E-state index in [-0.39, 0.29) is 11.8 Å². The zero-order valence-corrected chi connectivity index (χ0v) is 12.2. The van der Waals surface area contributed by atoms with E-state index in [1.807, 2.05) is 4.90 Å². The molecule has 0 aromatic rings. The van der Waals surface area contributed by atoms with Crippen LogP contribution < -0.4 is 0 Å². The highest BCUT2D eigenvalue weighted by Crippen LogP contribution is 2.61. The van der Waals surface area contributed by atoms with Gasteiger partial charge in [-0.1, -0.05) is 0 Å². The summed E-state index contributed by atoms with van der Waals surface area (Å²) in [7, 11) is 0. The summed E-state index contributed by atoms with van der Waals surface area (Å²) in [6, 6.07) is 2.26. The van der Waals surface area contributed by atoms with Crippen molar-refractivity contribution >= 4 is 5.91 Å². The Hall–Kier alpha value is -1.04. The predicted octanol–water partition coefficient (Wildman–Crippen LogP) is 2.96. The van der Waals surface area contributed by atoms with Gasteiger partial charge in [-0.25, -0.2) is 0 Å². The van der Waals surface area contributed by atoms with Crippen LogP contribution in [0.5, 0.6) is 0 Å². The number of likely N-dealkylation sites (tertiary alicyclic amines) is 1. The Labute approximate surface area is 121 Å². The summed E-state index contributed by atoms with van der Waals surface area (Å²) in [6.45, 7) is 1.59. The van der Waals surface area contributed by atoms with Crippen LogP contribution in [0.2, 0.25) is 0 Å². The largest absolute Gasteiger partial charge is 0.341 e. The average molecular weight is 272 g/mol. The van der Waals surface area contributed by atoms with Crippen LogP contribution in [0.1, 0.15) is 51.4 Å². The molecule has 0 spiro atoms. The Morgan fingerprint density at radius 2 is 1.75 bits per heavy atom. The van der Waals surface area contributed by atoms with E-state index in [0.717, 1.165) is 24.3 Å². The highest BCUT2D eigenvalue weighted by atomic mass is 16.2. The van der Waals surface area contributed by atoms with Crippen molar-refractivity contribution in [1.82, 2.24) is 4.90 Å². The lowest BCUT2D eigenvalue weighted by Gasteiger charge is -2.57. The van der Waals surface area contributed by atoms with Gasteiger partial charge in [0.25, 0.3) is 0 Å². The minimum absolute atomic E-state index is 0.0566. The summed E-state index contributed by atoms with van der Waals surface area (Å²) in [6.07, 6.45) is 10.4. The molecule has 5 aliphatic rings. The van der Waals surface area contributed by atoms with E-state index >= 15 is 0 Å². The van der Waals surface area contributed by atoms with Crippen molar-refractivity contribution < 1.29 is 4.79 Å². The molecule has 3 nitrogen and oxygen atoms in total. The molecular formula is C17H24N2O. The van der Waals surface area contributed by atoms with Crippen LogP contribution in [0.4, 0.5) is 0 Å². The molecule has 1 atom stereocenters. The van der Waals surface area contributed by atoms with Crippen LogP contribution >= 0.6 is 0 Å². The van der Waals surface area contributed by atoms with Crippen molar-refractivity contribution in [2.24, 2.45) is 29.1 Å². The summed E-state index contributed by atoms with van der Waals surface area (Å²) >= 11 is 0. The molecule has 1 unspecified atom stereocenters. The number of carbonyl (C=O) groups is 1. The first-order chi connectivity index (χ1) is 9.66. The Morgan fingerprint density at radius 1 is 1.15 bits per heavy atom. The van der Waals surface area contributed by atoms with E-state index in [1.54, 1.807) is 0 Å². The van der Waals surface area contributed by atoms with Gasteiger partial charge in [0.2, 0.25) is 5.91 Å². The Kier molecular flexibility index (Phi) is 2.84. The third-order valence-corrected chi connectivity index (χ3v) is 6.47. The Morgan fingerprint density at radius 3 is 2.25 bits per heavy atom. The number of hydrogen-bond acceptors (Lipinski definition) is 2. The fourth-order valence-electron chi connectivity index (χ4n) is 6.04. The summed E-state index contributed by atoms with van der Waals surface area (Å²) in [4.78, 5) is 13.9. The van der Waals surface area contributed by atoms with Crippen molar-refractivity contribution in [2.75, 3.05) is 13.1 Å². The first kappa shape index (κ1) is 12.7. The molecule has 20 heavy (non-hydrogen) atoms. The van der Waals surface area contributed by atoms with Gasteiger partial charge < -0.3 is 4.90 Å². The molecule has 0 radical (unpaired) electrons. The lowest BCUT2D eigenvalue weighted by Crippen LogP contribution is -2.47. The van der Waals surface area contributed by atoms with Gasteiger partial charge in [-0.3, -0.25) is 4.79 Å². The molecule has 4 aliphatic carbocycles. The van der Waals surface area contributed by atoms with Crippen LogP contribution in [-0.2, 0) is 4.79 Å². The molecule has 0 N–H and O–H groups in total. The van der Waals surface area contributed by atoms with Gasteiger partial charge in [-0.2, -0.15) is 5.26 Å². The molecule has 5 rings (SSSR count). The first-order valence-corrected chi connectivity index (χ1v) is 8.33. The number of amides is 1. The zero-order valence-electron chi connectivity index (χ0n) is 12.2. The summed E-state index contributed by atoms with van der Waals surface area (Å²) in [5, 5.41) is 8.97. The molecule has 0 aromatic carbocycles. The van der Waals surface area contributed by atoms with Crippen LogP contribution in [0.3, 0.4) is 0 Å². The maximum Gasteiger partial charge on any atom is 0.224 e. The third-order valence-electron chi connectivity index (χ3n) is 6.47. The van der Waals surface area contributed by atoms with E-state index in [4.69, 9.17) is 5.26 Å². The second-order valence-corrected chi connectivity index (χ2v) is 8.04. The van der Waals surface area contributed by atoms with Gasteiger partial charge >= 0.3 is 0 Å². The fourth-order valence-corrected chi connectivity index (χ4v) is 6.04. The molecule has 108 valence electrons. The van der Waals surface area contributed by atoms with E-state index in [1.165, 1.54) is 44.9 Å². The highest BCUT2D eigenvalue weighted by molar-refractivity contribution is 5.79. The number of rotatable bonds is 3. The number of hydrogen-bond donors (Lipinski definition) is 0. The zero-order chi connectivity index (χ0) is 13.7. The van der Waals surface area contributed by atoms with Gasteiger partial charge in [0, 0.05) is 19.5 Å². The quantitative estimate of drug-likeness (QED) is 0.793. The number of nitriles is 1. The summed E-state index contributed by atoms with van der Waals surface area (Å²) in [5.41, 5.74) is 0.555. The van der Waals surface area contributed by atoms with Crippen LogP contribution in [0, 0.1) is 40.4 Å². The van der Waals surface area contributed by atoms with Crippen LogP contribution in [0.15, 0.2) is 0 Å². The molecule has 1 amide bonds. The monoisotopic (exact) mass is 272 g/mol. The van der Waals surface area contributed by atoms with E-state index in [0.29, 0.717) is 18.4 Å². The minimum Gasteiger partial charge on any atom is -0.341 e. The minimum atomic E-state index is -0.0566.